The van der Waals surface area contributed by atoms with E-state index in [0.717, 1.165) is 0 Å². The number of rotatable bonds is 5. The Kier molecular flexibility index (Phi) is 4.93. The average Bonchev–Trinajstić information content (AvgIpc) is 2.54. The summed E-state index contributed by atoms with van der Waals surface area (Å²) >= 11 is 7.19. The quantitative estimate of drug-likeness (QED) is 0.365. The number of thioether (sulfide) groups is 1. The SMILES string of the molecule is COc1cc(C(=O)C(=O)c2ccnc(SC)n2)ccc1Cl. The first-order chi connectivity index (χ1) is 10.1. The van der Waals surface area contributed by atoms with Crippen molar-refractivity contribution in [2.24, 2.45) is 0 Å². The molecule has 0 bridgehead atoms. The number of aromatic nitrogens is 2. The Balaban J connectivity index is 2.32. The molecule has 0 atom stereocenters. The van der Waals surface area contributed by atoms with Crippen LogP contribution in [0.15, 0.2) is 35.6 Å². The van der Waals surface area contributed by atoms with E-state index in [4.69, 9.17) is 16.3 Å². The van der Waals surface area contributed by atoms with Gasteiger partial charge >= 0.3 is 0 Å². The molecule has 5 nitrogen and oxygen atoms in total. The number of hydrogen-bond donors (Lipinski definition) is 0. The lowest BCUT2D eigenvalue weighted by atomic mass is 10.1. The maximum atomic E-state index is 12.2. The lowest BCUT2D eigenvalue weighted by Gasteiger charge is -2.05. The molecule has 0 saturated heterocycles. The summed E-state index contributed by atoms with van der Waals surface area (Å²) in [6.45, 7) is 0. The van der Waals surface area contributed by atoms with Crippen molar-refractivity contribution in [2.75, 3.05) is 13.4 Å². The van der Waals surface area contributed by atoms with E-state index in [-0.39, 0.29) is 11.3 Å². The largest absolute Gasteiger partial charge is 0.495 e. The van der Waals surface area contributed by atoms with Crippen LogP contribution in [0.5, 0.6) is 5.75 Å². The molecule has 0 saturated carbocycles. The topological polar surface area (TPSA) is 69.2 Å². The molecular weight excluding hydrogens is 312 g/mol. The third-order valence-electron chi connectivity index (χ3n) is 2.67. The molecule has 0 unspecified atom stereocenters. The molecule has 21 heavy (non-hydrogen) atoms. The third kappa shape index (κ3) is 3.40. The van der Waals surface area contributed by atoms with Crippen LogP contribution in [0.1, 0.15) is 20.8 Å². The van der Waals surface area contributed by atoms with E-state index >= 15 is 0 Å². The summed E-state index contributed by atoms with van der Waals surface area (Å²) in [7, 11) is 1.44. The van der Waals surface area contributed by atoms with Crippen LogP contribution in [-0.4, -0.2) is 34.9 Å². The molecule has 108 valence electrons. The second-order valence-electron chi connectivity index (χ2n) is 3.94. The predicted molar refractivity (Wildman–Crippen MR) is 80.5 cm³/mol. The first-order valence-electron chi connectivity index (χ1n) is 5.86. The van der Waals surface area contributed by atoms with Gasteiger partial charge in [-0.2, -0.15) is 0 Å². The zero-order chi connectivity index (χ0) is 15.4. The Morgan fingerprint density at radius 3 is 2.67 bits per heavy atom. The van der Waals surface area contributed by atoms with Gasteiger partial charge in [0.05, 0.1) is 12.1 Å². The molecule has 0 aliphatic heterocycles. The molecule has 0 spiro atoms. The van der Waals surface area contributed by atoms with Gasteiger partial charge < -0.3 is 4.74 Å². The fourth-order valence-electron chi connectivity index (χ4n) is 1.61. The van der Waals surface area contributed by atoms with Crippen LogP contribution in [0.25, 0.3) is 0 Å². The van der Waals surface area contributed by atoms with Crippen LogP contribution in [0.3, 0.4) is 0 Å². The molecule has 0 N–H and O–H groups in total. The Bertz CT molecular complexity index is 706. The lowest BCUT2D eigenvalue weighted by molar-refractivity contribution is 0.0813. The molecule has 0 amide bonds. The number of methoxy groups -OCH3 is 1. The van der Waals surface area contributed by atoms with Crippen LogP contribution in [0.4, 0.5) is 0 Å². The molecule has 1 heterocycles. The Hall–Kier alpha value is -1.92. The second kappa shape index (κ2) is 6.69. The van der Waals surface area contributed by atoms with E-state index in [2.05, 4.69) is 9.97 Å². The highest BCUT2D eigenvalue weighted by molar-refractivity contribution is 7.98. The van der Waals surface area contributed by atoms with Crippen molar-refractivity contribution in [3.8, 4) is 5.75 Å². The van der Waals surface area contributed by atoms with Gasteiger partial charge in [0.25, 0.3) is 5.78 Å². The van der Waals surface area contributed by atoms with Crippen molar-refractivity contribution in [1.82, 2.24) is 9.97 Å². The molecular formula is C14H11ClN2O3S. The molecule has 1 aromatic carbocycles. The van der Waals surface area contributed by atoms with Crippen molar-refractivity contribution < 1.29 is 14.3 Å². The number of Topliss-reactive ketones (excluding diaryl/α,β-unsaturated/α-hetero) is 2. The minimum absolute atomic E-state index is 0.0632. The van der Waals surface area contributed by atoms with Gasteiger partial charge in [-0.05, 0) is 30.5 Å². The monoisotopic (exact) mass is 322 g/mol. The number of carbonyl (C=O) groups is 2. The van der Waals surface area contributed by atoms with Gasteiger partial charge in [-0.3, -0.25) is 9.59 Å². The van der Waals surface area contributed by atoms with Crippen LogP contribution >= 0.6 is 23.4 Å². The molecule has 0 aliphatic rings. The van der Waals surface area contributed by atoms with Crippen molar-refractivity contribution >= 4 is 34.9 Å². The van der Waals surface area contributed by atoms with Gasteiger partial charge in [-0.25, -0.2) is 9.97 Å². The lowest BCUT2D eigenvalue weighted by Crippen LogP contribution is -2.16. The van der Waals surface area contributed by atoms with Crippen molar-refractivity contribution in [1.29, 1.82) is 0 Å². The summed E-state index contributed by atoms with van der Waals surface area (Å²) in [5.41, 5.74) is 0.263. The molecule has 0 radical (unpaired) electrons. The molecule has 2 aromatic rings. The summed E-state index contributed by atoms with van der Waals surface area (Å²) in [5.74, 6) is -1.03. The number of halogens is 1. The summed E-state index contributed by atoms with van der Waals surface area (Å²) in [6, 6.07) is 5.82. The van der Waals surface area contributed by atoms with E-state index in [1.807, 2.05) is 0 Å². The van der Waals surface area contributed by atoms with Crippen molar-refractivity contribution in [3.63, 3.8) is 0 Å². The maximum absolute atomic E-state index is 12.2. The molecule has 1 aromatic heterocycles. The number of ketones is 2. The highest BCUT2D eigenvalue weighted by Gasteiger charge is 2.21. The third-order valence-corrected chi connectivity index (χ3v) is 3.54. The zero-order valence-electron chi connectivity index (χ0n) is 11.3. The highest BCUT2D eigenvalue weighted by atomic mass is 35.5. The number of carbonyl (C=O) groups excluding carboxylic acids is 2. The zero-order valence-corrected chi connectivity index (χ0v) is 12.9. The Morgan fingerprint density at radius 2 is 2.00 bits per heavy atom. The fraction of sp³-hybridized carbons (Fsp3) is 0.143. The van der Waals surface area contributed by atoms with Crippen LogP contribution in [0, 0.1) is 0 Å². The average molecular weight is 323 g/mol. The standard InChI is InChI=1S/C14H11ClN2O3S/c1-20-11-7-8(3-4-9(11)15)12(18)13(19)10-5-6-16-14(17-10)21-2/h3-7H,1-2H3. The predicted octanol–water partition coefficient (Wildman–Crippen LogP) is 2.93. The summed E-state index contributed by atoms with van der Waals surface area (Å²) in [4.78, 5) is 32.4. The smallest absolute Gasteiger partial charge is 0.251 e. The van der Waals surface area contributed by atoms with E-state index < -0.39 is 11.6 Å². The van der Waals surface area contributed by atoms with E-state index in [1.54, 1.807) is 6.26 Å². The molecule has 2 rings (SSSR count). The number of hydrogen-bond acceptors (Lipinski definition) is 6. The Morgan fingerprint density at radius 1 is 1.24 bits per heavy atom. The first kappa shape index (κ1) is 15.5. The van der Waals surface area contributed by atoms with E-state index in [9.17, 15) is 9.59 Å². The van der Waals surface area contributed by atoms with Gasteiger partial charge in [0.2, 0.25) is 5.78 Å². The fourth-order valence-corrected chi connectivity index (χ4v) is 2.16. The molecule has 0 aliphatic carbocycles. The summed E-state index contributed by atoms with van der Waals surface area (Å²) in [6.07, 6.45) is 3.23. The summed E-state index contributed by atoms with van der Waals surface area (Å²) < 4.78 is 5.03. The van der Waals surface area contributed by atoms with Crippen LogP contribution < -0.4 is 4.74 Å². The molecule has 0 fully saturated rings. The van der Waals surface area contributed by atoms with Gasteiger partial charge in [-0.15, -0.1) is 0 Å². The van der Waals surface area contributed by atoms with Crippen LogP contribution in [-0.2, 0) is 0 Å². The van der Waals surface area contributed by atoms with E-state index in [1.165, 1.54) is 49.3 Å². The highest BCUT2D eigenvalue weighted by Crippen LogP contribution is 2.25. The van der Waals surface area contributed by atoms with Gasteiger partial charge in [0.1, 0.15) is 11.4 Å². The van der Waals surface area contributed by atoms with Crippen LogP contribution in [0.2, 0.25) is 5.02 Å². The van der Waals surface area contributed by atoms with Gasteiger partial charge in [0.15, 0.2) is 5.16 Å². The van der Waals surface area contributed by atoms with Gasteiger partial charge in [-0.1, -0.05) is 23.4 Å². The van der Waals surface area contributed by atoms with Crippen molar-refractivity contribution in [2.45, 2.75) is 5.16 Å². The van der Waals surface area contributed by atoms with E-state index in [0.29, 0.717) is 15.9 Å². The maximum Gasteiger partial charge on any atom is 0.251 e. The first-order valence-corrected chi connectivity index (χ1v) is 7.46. The number of ether oxygens (including phenoxy) is 1. The normalized spacial score (nSPS) is 10.2. The minimum Gasteiger partial charge on any atom is -0.495 e. The van der Waals surface area contributed by atoms with Gasteiger partial charge in [0, 0.05) is 11.8 Å². The number of benzene rings is 1. The minimum atomic E-state index is -0.697. The summed E-state index contributed by atoms with van der Waals surface area (Å²) in [5, 5.41) is 0.801. The second-order valence-corrected chi connectivity index (χ2v) is 5.12. The molecule has 7 heteroatoms. The Labute approximate surface area is 130 Å². The van der Waals surface area contributed by atoms with Crippen molar-refractivity contribution in [3.05, 3.63) is 46.7 Å². The number of nitrogens with zero attached hydrogens (tertiary/aromatic N) is 2.